The molecule has 0 spiro atoms. The van der Waals surface area contributed by atoms with Gasteiger partial charge in [0.1, 0.15) is 0 Å². The Kier molecular flexibility index (Phi) is 7.52. The van der Waals surface area contributed by atoms with Gasteiger partial charge in [-0.25, -0.2) is 0 Å². The largest absolute Gasteiger partial charge is 0.289 e. The van der Waals surface area contributed by atoms with Gasteiger partial charge >= 0.3 is 0 Å². The van der Waals surface area contributed by atoms with E-state index in [0.29, 0.717) is 0 Å². The molecule has 2 aromatic rings. The first kappa shape index (κ1) is 19.5. The maximum Gasteiger partial charge on any atom is 0.185 e. The minimum absolute atomic E-state index is 0.0627. The molecule has 0 atom stereocenters. The highest BCUT2D eigenvalue weighted by molar-refractivity contribution is 7.99. The van der Waals surface area contributed by atoms with E-state index in [9.17, 15) is 4.79 Å². The van der Waals surface area contributed by atoms with Crippen LogP contribution in [0.2, 0.25) is 0 Å². The molecule has 2 rings (SSSR count). The van der Waals surface area contributed by atoms with Crippen LogP contribution in [0.4, 0.5) is 0 Å². The molecule has 0 radical (unpaired) electrons. The Labute approximate surface area is 156 Å². The molecule has 0 aromatic heterocycles. The number of ketones is 1. The smallest absolute Gasteiger partial charge is 0.185 e. The van der Waals surface area contributed by atoms with Crippen molar-refractivity contribution in [2.45, 2.75) is 51.9 Å². The summed E-state index contributed by atoms with van der Waals surface area (Å²) in [6.45, 7) is 8.74. The molecule has 0 saturated heterocycles. The van der Waals surface area contributed by atoms with E-state index in [1.54, 1.807) is 17.8 Å². The Hall–Kier alpha value is -1.80. The van der Waals surface area contributed by atoms with Gasteiger partial charge in [0.15, 0.2) is 5.78 Å². The number of hydrogen-bond acceptors (Lipinski definition) is 2. The van der Waals surface area contributed by atoms with Crippen molar-refractivity contribution in [2.24, 2.45) is 0 Å². The molecule has 0 aliphatic heterocycles. The van der Waals surface area contributed by atoms with Crippen molar-refractivity contribution in [3.63, 3.8) is 0 Å². The van der Waals surface area contributed by atoms with Gasteiger partial charge < -0.3 is 0 Å². The number of allylic oxidation sites excluding steroid dienone is 1. The van der Waals surface area contributed by atoms with Gasteiger partial charge in [0.2, 0.25) is 0 Å². The molecule has 0 heterocycles. The van der Waals surface area contributed by atoms with Crippen LogP contribution in [0.15, 0.2) is 47.4 Å². The Balaban J connectivity index is 2.24. The number of rotatable bonds is 8. The number of carbonyl (C=O) groups is 1. The van der Waals surface area contributed by atoms with Crippen LogP contribution in [-0.4, -0.2) is 11.5 Å². The molecule has 0 bridgehead atoms. The molecule has 0 fully saturated rings. The molecule has 2 heteroatoms. The van der Waals surface area contributed by atoms with E-state index in [1.165, 1.54) is 27.1 Å². The molecular formula is C23H28OS. The maximum absolute atomic E-state index is 12.5. The van der Waals surface area contributed by atoms with Crippen LogP contribution in [0.1, 0.15) is 60.3 Å². The predicted octanol–water partition coefficient (Wildman–Crippen LogP) is 6.38. The Morgan fingerprint density at radius 3 is 2.12 bits per heavy atom. The van der Waals surface area contributed by atoms with Crippen molar-refractivity contribution in [2.75, 3.05) is 5.75 Å². The molecule has 0 saturated carbocycles. The van der Waals surface area contributed by atoms with Crippen LogP contribution in [0.5, 0.6) is 0 Å². The molecule has 25 heavy (non-hydrogen) atoms. The van der Waals surface area contributed by atoms with Gasteiger partial charge in [-0.1, -0.05) is 45.9 Å². The van der Waals surface area contributed by atoms with E-state index in [-0.39, 0.29) is 5.78 Å². The van der Waals surface area contributed by atoms with Gasteiger partial charge in [0, 0.05) is 10.5 Å². The van der Waals surface area contributed by atoms with Crippen molar-refractivity contribution in [3.05, 3.63) is 70.3 Å². The summed E-state index contributed by atoms with van der Waals surface area (Å²) in [4.78, 5) is 13.7. The van der Waals surface area contributed by atoms with Crippen molar-refractivity contribution in [3.8, 4) is 0 Å². The zero-order valence-electron chi connectivity index (χ0n) is 15.8. The lowest BCUT2D eigenvalue weighted by atomic mass is 9.91. The fourth-order valence-electron chi connectivity index (χ4n) is 3.25. The van der Waals surface area contributed by atoms with Gasteiger partial charge in [0.05, 0.1) is 0 Å². The van der Waals surface area contributed by atoms with Crippen molar-refractivity contribution in [1.82, 2.24) is 0 Å². The van der Waals surface area contributed by atoms with Crippen LogP contribution < -0.4 is 0 Å². The van der Waals surface area contributed by atoms with E-state index in [0.717, 1.165) is 30.6 Å². The molecule has 0 unspecified atom stereocenters. The fourth-order valence-corrected chi connectivity index (χ4v) is 3.91. The summed E-state index contributed by atoms with van der Waals surface area (Å²) in [5.74, 6) is 1.10. The lowest BCUT2D eigenvalue weighted by molar-refractivity contribution is 0.104. The topological polar surface area (TPSA) is 17.1 Å². The van der Waals surface area contributed by atoms with E-state index in [2.05, 4.69) is 39.8 Å². The Morgan fingerprint density at radius 1 is 0.880 bits per heavy atom. The average molecular weight is 353 g/mol. The normalized spacial score (nSPS) is 11.2. The fraction of sp³-hybridized carbons (Fsp3) is 0.348. The standard InChI is InChI=1S/C23H28OS/c1-5-17-9-10-18(22(7-3)21(17)6-2)13-16-23(24)19-11-14-20(15-12-19)25-8-4/h9-16H,5-8H2,1-4H3. The first-order valence-corrected chi connectivity index (χ1v) is 10.2. The highest BCUT2D eigenvalue weighted by atomic mass is 32.2. The highest BCUT2D eigenvalue weighted by Crippen LogP contribution is 2.23. The monoisotopic (exact) mass is 352 g/mol. The summed E-state index contributed by atoms with van der Waals surface area (Å²) in [5.41, 5.74) is 6.16. The summed E-state index contributed by atoms with van der Waals surface area (Å²) >= 11 is 1.79. The first-order chi connectivity index (χ1) is 12.1. The molecular weight excluding hydrogens is 324 g/mol. The summed E-state index contributed by atoms with van der Waals surface area (Å²) in [6, 6.07) is 12.3. The van der Waals surface area contributed by atoms with E-state index in [4.69, 9.17) is 0 Å². The summed E-state index contributed by atoms with van der Waals surface area (Å²) in [6.07, 6.45) is 6.78. The number of hydrogen-bond donors (Lipinski definition) is 0. The quantitative estimate of drug-likeness (QED) is 0.311. The minimum atomic E-state index is 0.0627. The number of benzene rings is 2. The maximum atomic E-state index is 12.5. The summed E-state index contributed by atoms with van der Waals surface area (Å²) < 4.78 is 0. The summed E-state index contributed by atoms with van der Waals surface area (Å²) in [7, 11) is 0. The number of thioether (sulfide) groups is 1. The SMILES string of the molecule is CCSc1ccc(C(=O)C=Cc2ccc(CC)c(CC)c2CC)cc1. The van der Waals surface area contributed by atoms with Gasteiger partial charge in [-0.3, -0.25) is 4.79 Å². The Morgan fingerprint density at radius 2 is 1.56 bits per heavy atom. The minimum Gasteiger partial charge on any atom is -0.289 e. The third-order valence-corrected chi connectivity index (χ3v) is 5.41. The van der Waals surface area contributed by atoms with Crippen molar-refractivity contribution < 1.29 is 4.79 Å². The van der Waals surface area contributed by atoms with Crippen LogP contribution >= 0.6 is 11.8 Å². The zero-order valence-corrected chi connectivity index (χ0v) is 16.6. The number of aryl methyl sites for hydroxylation is 1. The van der Waals surface area contributed by atoms with Crippen LogP contribution in [0.3, 0.4) is 0 Å². The third-order valence-electron chi connectivity index (χ3n) is 4.52. The lowest BCUT2D eigenvalue weighted by Crippen LogP contribution is -2.01. The number of carbonyl (C=O) groups excluding carboxylic acids is 1. The average Bonchev–Trinajstić information content (AvgIpc) is 2.65. The molecule has 0 aliphatic rings. The second-order valence-corrected chi connectivity index (χ2v) is 7.32. The van der Waals surface area contributed by atoms with Gasteiger partial charge in [0.25, 0.3) is 0 Å². The second kappa shape index (κ2) is 9.62. The zero-order chi connectivity index (χ0) is 18.2. The van der Waals surface area contributed by atoms with Crippen LogP contribution in [-0.2, 0) is 19.3 Å². The lowest BCUT2D eigenvalue weighted by Gasteiger charge is -2.14. The second-order valence-electron chi connectivity index (χ2n) is 5.99. The van der Waals surface area contributed by atoms with Crippen LogP contribution in [0.25, 0.3) is 6.08 Å². The van der Waals surface area contributed by atoms with E-state index < -0.39 is 0 Å². The van der Waals surface area contributed by atoms with E-state index in [1.807, 2.05) is 30.3 Å². The van der Waals surface area contributed by atoms with Gasteiger partial charge in [-0.2, -0.15) is 0 Å². The Bertz CT molecular complexity index is 741. The van der Waals surface area contributed by atoms with Crippen molar-refractivity contribution in [1.29, 1.82) is 0 Å². The third kappa shape index (κ3) is 4.85. The van der Waals surface area contributed by atoms with Crippen molar-refractivity contribution >= 4 is 23.6 Å². The molecule has 0 amide bonds. The van der Waals surface area contributed by atoms with E-state index >= 15 is 0 Å². The highest BCUT2D eigenvalue weighted by Gasteiger charge is 2.09. The molecule has 132 valence electrons. The molecule has 2 aromatic carbocycles. The molecule has 0 aliphatic carbocycles. The van der Waals surface area contributed by atoms with Gasteiger partial charge in [-0.15, -0.1) is 11.8 Å². The van der Waals surface area contributed by atoms with Crippen LogP contribution in [0, 0.1) is 0 Å². The first-order valence-electron chi connectivity index (χ1n) is 9.23. The summed E-state index contributed by atoms with van der Waals surface area (Å²) in [5, 5.41) is 0. The van der Waals surface area contributed by atoms with Gasteiger partial charge in [-0.05, 0) is 77.6 Å². The predicted molar refractivity (Wildman–Crippen MR) is 111 cm³/mol. The molecule has 1 nitrogen and oxygen atoms in total. The molecule has 0 N–H and O–H groups in total.